The van der Waals surface area contributed by atoms with Gasteiger partial charge in [-0.3, -0.25) is 0 Å². The fourth-order valence-corrected chi connectivity index (χ4v) is 1.93. The topological polar surface area (TPSA) is 76.3 Å². The van der Waals surface area contributed by atoms with Gasteiger partial charge in [0, 0.05) is 24.8 Å². The van der Waals surface area contributed by atoms with Crippen LogP contribution in [-0.4, -0.2) is 41.6 Å². The molecule has 1 fully saturated rings. The van der Waals surface area contributed by atoms with E-state index < -0.39 is 0 Å². The van der Waals surface area contributed by atoms with Crippen LogP contribution in [0.5, 0.6) is 0 Å². The van der Waals surface area contributed by atoms with Gasteiger partial charge in [-0.25, -0.2) is 15.8 Å². The number of morpholine rings is 1. The summed E-state index contributed by atoms with van der Waals surface area (Å²) in [4.78, 5) is 11.2. The molecule has 6 nitrogen and oxygen atoms in total. The summed E-state index contributed by atoms with van der Waals surface area (Å²) in [5, 5.41) is 0. The number of hydrogen-bond donors (Lipinski definition) is 2. The number of nitrogens with one attached hydrogen (secondary N) is 1. The number of likely N-dealkylation sites (N-methyl/N-ethyl adjacent to an activating group) is 1. The minimum Gasteiger partial charge on any atom is -0.368 e. The average Bonchev–Trinajstić information content (AvgIpc) is 2.38. The number of ether oxygens (including phenoxy) is 1. The monoisotopic (exact) mass is 251 g/mol. The summed E-state index contributed by atoms with van der Waals surface area (Å²) < 4.78 is 5.73. The van der Waals surface area contributed by atoms with Crippen LogP contribution >= 0.6 is 0 Å². The molecular formula is C12H21N5O. The molecular weight excluding hydrogens is 230 g/mol. The maximum absolute atomic E-state index is 5.73. The third kappa shape index (κ3) is 2.95. The van der Waals surface area contributed by atoms with E-state index >= 15 is 0 Å². The summed E-state index contributed by atoms with van der Waals surface area (Å²) in [5.74, 6) is 7.13. The summed E-state index contributed by atoms with van der Waals surface area (Å²) in [6.07, 6.45) is -0.0745. The predicted molar refractivity (Wildman–Crippen MR) is 70.1 cm³/mol. The van der Waals surface area contributed by atoms with Gasteiger partial charge in [0.1, 0.15) is 11.9 Å². The van der Waals surface area contributed by atoms with Gasteiger partial charge < -0.3 is 15.1 Å². The average molecular weight is 251 g/mol. The number of hydrogen-bond acceptors (Lipinski definition) is 6. The molecule has 0 aromatic carbocycles. The number of nitrogens with zero attached hydrogens (tertiary/aromatic N) is 3. The fraction of sp³-hybridized carbons (Fsp3) is 0.667. The number of nitrogen functional groups attached to an aromatic ring is 1. The van der Waals surface area contributed by atoms with E-state index in [-0.39, 0.29) is 6.10 Å². The van der Waals surface area contributed by atoms with Crippen LogP contribution in [0.1, 0.15) is 37.4 Å². The Bertz CT molecular complexity index is 409. The number of anilines is 1. The van der Waals surface area contributed by atoms with Gasteiger partial charge in [0.05, 0.1) is 6.61 Å². The molecule has 100 valence electrons. The summed E-state index contributed by atoms with van der Waals surface area (Å²) in [6.45, 7) is 6.66. The third-order valence-electron chi connectivity index (χ3n) is 3.06. The van der Waals surface area contributed by atoms with Crippen molar-refractivity contribution in [2.45, 2.75) is 25.9 Å². The Balaban J connectivity index is 2.28. The molecule has 0 bridgehead atoms. The second-order valence-electron chi connectivity index (χ2n) is 4.96. The molecule has 1 aromatic rings. The summed E-state index contributed by atoms with van der Waals surface area (Å²) in [7, 11) is 2.07. The zero-order valence-electron chi connectivity index (χ0n) is 11.2. The molecule has 1 aliphatic heterocycles. The van der Waals surface area contributed by atoms with Crippen LogP contribution in [0.4, 0.5) is 5.82 Å². The van der Waals surface area contributed by atoms with Gasteiger partial charge >= 0.3 is 0 Å². The molecule has 18 heavy (non-hydrogen) atoms. The molecule has 2 rings (SSSR count). The first-order valence-corrected chi connectivity index (χ1v) is 6.25. The molecule has 1 saturated heterocycles. The zero-order chi connectivity index (χ0) is 13.1. The molecule has 6 heteroatoms. The first-order valence-electron chi connectivity index (χ1n) is 6.25. The first-order chi connectivity index (χ1) is 8.60. The molecule has 1 atom stereocenters. The highest BCUT2D eigenvalue weighted by atomic mass is 16.5. The predicted octanol–water partition coefficient (Wildman–Crippen LogP) is 0.889. The summed E-state index contributed by atoms with van der Waals surface area (Å²) in [6, 6.07) is 1.88. The van der Waals surface area contributed by atoms with Crippen LogP contribution in [0.2, 0.25) is 0 Å². The number of aromatic nitrogens is 2. The highest BCUT2D eigenvalue weighted by molar-refractivity contribution is 5.35. The second-order valence-corrected chi connectivity index (χ2v) is 4.96. The quantitative estimate of drug-likeness (QED) is 0.614. The van der Waals surface area contributed by atoms with Crippen molar-refractivity contribution >= 4 is 5.82 Å². The van der Waals surface area contributed by atoms with E-state index in [1.807, 2.05) is 6.07 Å². The van der Waals surface area contributed by atoms with E-state index in [4.69, 9.17) is 10.6 Å². The standard InChI is InChI=1S/C12H21N5O/c1-8(2)9-6-11(16-13)15-12(14-9)10-7-17(3)4-5-18-10/h6,8,10H,4-5,7,13H2,1-3H3,(H,14,15,16). The van der Waals surface area contributed by atoms with Gasteiger partial charge in [-0.2, -0.15) is 0 Å². The minimum absolute atomic E-state index is 0.0745. The summed E-state index contributed by atoms with van der Waals surface area (Å²) >= 11 is 0. The van der Waals surface area contributed by atoms with Gasteiger partial charge in [0.2, 0.25) is 0 Å². The Morgan fingerprint density at radius 1 is 1.50 bits per heavy atom. The van der Waals surface area contributed by atoms with Crippen molar-refractivity contribution in [3.05, 3.63) is 17.6 Å². The molecule has 3 N–H and O–H groups in total. The normalized spacial score (nSPS) is 21.3. The number of rotatable bonds is 3. The van der Waals surface area contributed by atoms with Gasteiger partial charge in [0.25, 0.3) is 0 Å². The Labute approximate surface area is 108 Å². The molecule has 1 unspecified atom stereocenters. The van der Waals surface area contributed by atoms with Crippen LogP contribution in [0.25, 0.3) is 0 Å². The van der Waals surface area contributed by atoms with Crippen LogP contribution in [0.3, 0.4) is 0 Å². The lowest BCUT2D eigenvalue weighted by Gasteiger charge is -2.29. The van der Waals surface area contributed by atoms with Gasteiger partial charge in [-0.05, 0) is 13.0 Å². The van der Waals surface area contributed by atoms with Crippen molar-refractivity contribution < 1.29 is 4.74 Å². The highest BCUT2D eigenvalue weighted by Gasteiger charge is 2.23. The highest BCUT2D eigenvalue weighted by Crippen LogP contribution is 2.22. The van der Waals surface area contributed by atoms with Crippen LogP contribution in [-0.2, 0) is 4.74 Å². The molecule has 0 amide bonds. The Kier molecular flexibility index (Phi) is 4.11. The lowest BCUT2D eigenvalue weighted by molar-refractivity contribution is -0.0255. The van der Waals surface area contributed by atoms with E-state index in [9.17, 15) is 0 Å². The van der Waals surface area contributed by atoms with E-state index in [2.05, 4.69) is 41.2 Å². The fourth-order valence-electron chi connectivity index (χ4n) is 1.93. The number of nitrogens with two attached hydrogens (primary N) is 1. The second kappa shape index (κ2) is 5.60. The van der Waals surface area contributed by atoms with Gasteiger partial charge in [-0.1, -0.05) is 13.8 Å². The van der Waals surface area contributed by atoms with Gasteiger partial charge in [-0.15, -0.1) is 0 Å². The molecule has 1 aromatic heterocycles. The van der Waals surface area contributed by atoms with Crippen molar-refractivity contribution in [2.24, 2.45) is 5.84 Å². The minimum atomic E-state index is -0.0745. The van der Waals surface area contributed by atoms with E-state index in [0.29, 0.717) is 24.2 Å². The lowest BCUT2D eigenvalue weighted by Crippen LogP contribution is -2.36. The molecule has 1 aliphatic rings. The van der Waals surface area contributed by atoms with Crippen LogP contribution < -0.4 is 11.3 Å². The number of hydrazine groups is 1. The zero-order valence-corrected chi connectivity index (χ0v) is 11.2. The van der Waals surface area contributed by atoms with Gasteiger partial charge in [0.15, 0.2) is 5.82 Å². The molecule has 0 aliphatic carbocycles. The van der Waals surface area contributed by atoms with E-state index in [1.165, 1.54) is 0 Å². The first kappa shape index (κ1) is 13.2. The van der Waals surface area contributed by atoms with Crippen molar-refractivity contribution in [3.63, 3.8) is 0 Å². The maximum atomic E-state index is 5.73. The van der Waals surface area contributed by atoms with Crippen LogP contribution in [0.15, 0.2) is 6.07 Å². The smallest absolute Gasteiger partial charge is 0.161 e. The Hall–Kier alpha value is -1.24. The SMILES string of the molecule is CC(C)c1cc(NN)nc(C2CN(C)CCO2)n1. The largest absolute Gasteiger partial charge is 0.368 e. The molecule has 0 spiro atoms. The lowest BCUT2D eigenvalue weighted by atomic mass is 10.1. The van der Waals surface area contributed by atoms with Crippen molar-refractivity contribution in [2.75, 3.05) is 32.2 Å². The molecule has 2 heterocycles. The Morgan fingerprint density at radius 3 is 2.89 bits per heavy atom. The van der Waals surface area contributed by atoms with E-state index in [0.717, 1.165) is 18.8 Å². The van der Waals surface area contributed by atoms with Crippen molar-refractivity contribution in [1.29, 1.82) is 0 Å². The molecule has 0 radical (unpaired) electrons. The van der Waals surface area contributed by atoms with Crippen LogP contribution in [0, 0.1) is 0 Å². The summed E-state index contributed by atoms with van der Waals surface area (Å²) in [5.41, 5.74) is 3.57. The Morgan fingerprint density at radius 2 is 2.28 bits per heavy atom. The molecule has 0 saturated carbocycles. The van der Waals surface area contributed by atoms with E-state index in [1.54, 1.807) is 0 Å². The van der Waals surface area contributed by atoms with Crippen molar-refractivity contribution in [1.82, 2.24) is 14.9 Å². The maximum Gasteiger partial charge on any atom is 0.161 e. The third-order valence-corrected chi connectivity index (χ3v) is 3.06. The van der Waals surface area contributed by atoms with Crippen molar-refractivity contribution in [3.8, 4) is 0 Å².